The summed E-state index contributed by atoms with van der Waals surface area (Å²) in [6.45, 7) is 2.39. The average molecular weight is 414 g/mol. The van der Waals surface area contributed by atoms with Crippen molar-refractivity contribution in [2.45, 2.75) is 39.0 Å². The van der Waals surface area contributed by atoms with Crippen LogP contribution in [0.15, 0.2) is 60.7 Å². The van der Waals surface area contributed by atoms with E-state index in [-0.39, 0.29) is 18.9 Å². The van der Waals surface area contributed by atoms with E-state index < -0.39 is 36.5 Å². The first-order valence-corrected chi connectivity index (χ1v) is 9.81. The highest BCUT2D eigenvalue weighted by Gasteiger charge is 2.29. The lowest BCUT2D eigenvalue weighted by Crippen LogP contribution is -2.54. The topological polar surface area (TPSA) is 84.5 Å². The van der Waals surface area contributed by atoms with Gasteiger partial charge in [0.2, 0.25) is 5.91 Å². The fraction of sp³-hybridized carbons (Fsp3) is 0.348. The molecule has 2 amide bonds. The summed E-state index contributed by atoms with van der Waals surface area (Å²) in [7, 11) is 0. The van der Waals surface area contributed by atoms with E-state index in [2.05, 4.69) is 10.6 Å². The first-order valence-electron chi connectivity index (χ1n) is 9.81. The third kappa shape index (κ3) is 7.31. The highest BCUT2D eigenvalue weighted by Crippen LogP contribution is 2.08. The van der Waals surface area contributed by atoms with Gasteiger partial charge in [0.05, 0.1) is 6.04 Å². The van der Waals surface area contributed by atoms with Crippen LogP contribution in [0.5, 0.6) is 0 Å². The number of halogens is 1. The normalized spacial score (nSPS) is 12.7. The Hall–Kier alpha value is -3.22. The van der Waals surface area contributed by atoms with Crippen LogP contribution in [0.3, 0.4) is 0 Å². The molecular formula is C23H27FN2O4. The summed E-state index contributed by atoms with van der Waals surface area (Å²) in [6, 6.07) is 16.2. The number of alkyl halides is 1. The maximum Gasteiger partial charge on any atom is 0.408 e. The molecule has 7 heteroatoms. The zero-order valence-corrected chi connectivity index (χ0v) is 17.1. The van der Waals surface area contributed by atoms with Gasteiger partial charge in [0, 0.05) is 0 Å². The highest BCUT2D eigenvalue weighted by atomic mass is 19.1. The molecule has 0 aliphatic rings. The molecule has 2 aromatic rings. The van der Waals surface area contributed by atoms with Crippen LogP contribution >= 0.6 is 0 Å². The number of carbonyl (C=O) groups is 3. The molecule has 0 aliphatic heterocycles. The lowest BCUT2D eigenvalue weighted by molar-refractivity contribution is -0.129. The van der Waals surface area contributed by atoms with E-state index in [1.807, 2.05) is 36.4 Å². The van der Waals surface area contributed by atoms with Crippen molar-refractivity contribution in [3.05, 3.63) is 71.8 Å². The Balaban J connectivity index is 1.99. The molecule has 0 aliphatic carbocycles. The van der Waals surface area contributed by atoms with Gasteiger partial charge in [-0.15, -0.1) is 0 Å². The van der Waals surface area contributed by atoms with Gasteiger partial charge in [-0.3, -0.25) is 9.59 Å². The first-order chi connectivity index (χ1) is 14.4. The number of hydrogen-bond donors (Lipinski definition) is 2. The van der Waals surface area contributed by atoms with Gasteiger partial charge in [-0.25, -0.2) is 9.18 Å². The highest BCUT2D eigenvalue weighted by molar-refractivity contribution is 5.92. The van der Waals surface area contributed by atoms with Crippen molar-refractivity contribution >= 4 is 17.8 Å². The van der Waals surface area contributed by atoms with Crippen LogP contribution in [0, 0.1) is 5.92 Å². The second-order valence-corrected chi connectivity index (χ2v) is 7.28. The zero-order valence-electron chi connectivity index (χ0n) is 17.1. The number of Topliss-reactive ketones (excluding diaryl/α,β-unsaturated/α-hetero) is 1. The summed E-state index contributed by atoms with van der Waals surface area (Å²) in [6.07, 6.45) is -0.581. The van der Waals surface area contributed by atoms with Crippen molar-refractivity contribution in [3.63, 3.8) is 0 Å². The minimum Gasteiger partial charge on any atom is -0.445 e. The van der Waals surface area contributed by atoms with Gasteiger partial charge in [0.15, 0.2) is 5.78 Å². The fourth-order valence-electron chi connectivity index (χ4n) is 2.88. The van der Waals surface area contributed by atoms with Crippen molar-refractivity contribution in [3.8, 4) is 0 Å². The van der Waals surface area contributed by atoms with Crippen LogP contribution in [-0.4, -0.2) is 36.5 Å². The summed E-state index contributed by atoms with van der Waals surface area (Å²) in [5, 5.41) is 5.11. The Labute approximate surface area is 175 Å². The zero-order chi connectivity index (χ0) is 21.9. The molecule has 0 heterocycles. The lowest BCUT2D eigenvalue weighted by atomic mass is 10.00. The molecule has 0 bridgehead atoms. The molecule has 30 heavy (non-hydrogen) atoms. The maximum atomic E-state index is 13.0. The molecule has 0 unspecified atom stereocenters. The number of nitrogens with one attached hydrogen (secondary N) is 2. The Morgan fingerprint density at radius 2 is 1.47 bits per heavy atom. The van der Waals surface area contributed by atoms with Crippen molar-refractivity contribution < 1.29 is 23.5 Å². The van der Waals surface area contributed by atoms with E-state index in [1.165, 1.54) is 0 Å². The standard InChI is InChI=1S/C23H27FN2O4/c1-16(2)21(26-23(29)30-15-18-11-7-4-8-12-18)22(28)25-19(20(27)14-24)13-17-9-5-3-6-10-17/h3-12,16,19,21H,13-15H2,1-2H3,(H,25,28)(H,26,29)/t19-,21+/m1/s1. The van der Waals surface area contributed by atoms with Crippen molar-refractivity contribution in [1.82, 2.24) is 10.6 Å². The Kier molecular flexibility index (Phi) is 9.00. The predicted octanol–water partition coefficient (Wildman–Crippen LogP) is 3.20. The molecule has 0 spiro atoms. The van der Waals surface area contributed by atoms with E-state index in [0.29, 0.717) is 0 Å². The molecule has 2 N–H and O–H groups in total. The number of benzene rings is 2. The van der Waals surface area contributed by atoms with Gasteiger partial charge in [-0.1, -0.05) is 74.5 Å². The average Bonchev–Trinajstić information content (AvgIpc) is 2.76. The van der Waals surface area contributed by atoms with Crippen molar-refractivity contribution in [1.29, 1.82) is 0 Å². The minimum atomic E-state index is -1.18. The number of carbonyl (C=O) groups excluding carboxylic acids is 3. The number of alkyl carbamates (subject to hydrolysis) is 1. The van der Waals surface area contributed by atoms with Crippen molar-refractivity contribution in [2.75, 3.05) is 6.67 Å². The van der Waals surface area contributed by atoms with Crippen LogP contribution in [0.25, 0.3) is 0 Å². The van der Waals surface area contributed by atoms with Crippen molar-refractivity contribution in [2.24, 2.45) is 5.92 Å². The van der Waals surface area contributed by atoms with Gasteiger partial charge in [-0.2, -0.15) is 0 Å². The summed E-state index contributed by atoms with van der Waals surface area (Å²) in [5.41, 5.74) is 1.61. The van der Waals surface area contributed by atoms with Crippen LogP contribution in [0.1, 0.15) is 25.0 Å². The summed E-state index contributed by atoms with van der Waals surface area (Å²) < 4.78 is 18.2. The summed E-state index contributed by atoms with van der Waals surface area (Å²) in [5.74, 6) is -1.56. The fourth-order valence-corrected chi connectivity index (χ4v) is 2.88. The van der Waals surface area contributed by atoms with E-state index in [1.54, 1.807) is 38.1 Å². The maximum absolute atomic E-state index is 13.0. The van der Waals surface area contributed by atoms with Gasteiger partial charge < -0.3 is 15.4 Å². The molecule has 160 valence electrons. The summed E-state index contributed by atoms with van der Waals surface area (Å²) >= 11 is 0. The van der Waals surface area contributed by atoms with Gasteiger partial charge in [0.25, 0.3) is 0 Å². The van der Waals surface area contributed by atoms with E-state index in [4.69, 9.17) is 4.74 Å². The second-order valence-electron chi connectivity index (χ2n) is 7.28. The number of rotatable bonds is 10. The molecule has 2 aromatic carbocycles. The SMILES string of the molecule is CC(C)[C@H](NC(=O)OCc1ccccc1)C(=O)N[C@H](Cc1ccccc1)C(=O)CF. The quantitative estimate of drug-likeness (QED) is 0.625. The molecule has 0 saturated carbocycles. The predicted molar refractivity (Wildman–Crippen MR) is 111 cm³/mol. The molecule has 6 nitrogen and oxygen atoms in total. The molecule has 2 atom stereocenters. The largest absolute Gasteiger partial charge is 0.445 e. The molecular weight excluding hydrogens is 387 g/mol. The monoisotopic (exact) mass is 414 g/mol. The first kappa shape index (κ1) is 23.1. The number of ether oxygens (including phenoxy) is 1. The Bertz CT molecular complexity index is 828. The Morgan fingerprint density at radius 3 is 2.00 bits per heavy atom. The molecule has 0 saturated heterocycles. The van der Waals surface area contributed by atoms with E-state index in [0.717, 1.165) is 11.1 Å². The van der Waals surface area contributed by atoms with E-state index >= 15 is 0 Å². The van der Waals surface area contributed by atoms with Crippen LogP contribution in [0.4, 0.5) is 9.18 Å². The van der Waals surface area contributed by atoms with Gasteiger partial charge in [-0.05, 0) is 23.5 Å². The van der Waals surface area contributed by atoms with Gasteiger partial charge in [0.1, 0.15) is 19.3 Å². The third-order valence-corrected chi connectivity index (χ3v) is 4.55. The number of amides is 2. The van der Waals surface area contributed by atoms with Crippen LogP contribution in [0.2, 0.25) is 0 Å². The van der Waals surface area contributed by atoms with Crippen LogP contribution in [-0.2, 0) is 27.4 Å². The second kappa shape index (κ2) is 11.7. The van der Waals surface area contributed by atoms with E-state index in [9.17, 15) is 18.8 Å². The molecule has 2 rings (SSSR count). The molecule has 0 fully saturated rings. The van der Waals surface area contributed by atoms with Gasteiger partial charge >= 0.3 is 6.09 Å². The molecule has 0 radical (unpaired) electrons. The lowest BCUT2D eigenvalue weighted by Gasteiger charge is -2.24. The summed E-state index contributed by atoms with van der Waals surface area (Å²) in [4.78, 5) is 36.9. The third-order valence-electron chi connectivity index (χ3n) is 4.55. The Morgan fingerprint density at radius 1 is 0.900 bits per heavy atom. The van der Waals surface area contributed by atoms with Crippen LogP contribution < -0.4 is 10.6 Å². The number of ketones is 1. The smallest absolute Gasteiger partial charge is 0.408 e. The minimum absolute atomic E-state index is 0.0656. The molecule has 0 aromatic heterocycles. The number of hydrogen-bond acceptors (Lipinski definition) is 4.